The van der Waals surface area contributed by atoms with Gasteiger partial charge in [0.25, 0.3) is 5.92 Å². The number of nitrogens with zero attached hydrogens (tertiary/aromatic N) is 2. The van der Waals surface area contributed by atoms with Gasteiger partial charge in [-0.25, -0.2) is 13.6 Å². The van der Waals surface area contributed by atoms with E-state index in [2.05, 4.69) is 0 Å². The Bertz CT molecular complexity index is 1210. The number of benzene rings is 1. The molecule has 2 saturated heterocycles. The molecule has 30 heavy (non-hydrogen) atoms. The first-order chi connectivity index (χ1) is 14.3. The van der Waals surface area contributed by atoms with Gasteiger partial charge in [0.15, 0.2) is 5.43 Å². The predicted molar refractivity (Wildman–Crippen MR) is 105 cm³/mol. The lowest BCUT2D eigenvalue weighted by Crippen LogP contribution is -2.56. The number of aromatic nitrogens is 1. The summed E-state index contributed by atoms with van der Waals surface area (Å²) in [4.78, 5) is 25.6. The number of hydrogen-bond acceptors (Lipinski definition) is 4. The van der Waals surface area contributed by atoms with Gasteiger partial charge in [0, 0.05) is 36.7 Å². The van der Waals surface area contributed by atoms with Crippen LogP contribution in [-0.4, -0.2) is 47.4 Å². The van der Waals surface area contributed by atoms with Crippen LogP contribution in [-0.2, 0) is 11.2 Å². The Morgan fingerprint density at radius 1 is 1.27 bits per heavy atom. The number of halogens is 2. The van der Waals surface area contributed by atoms with E-state index in [9.17, 15) is 23.5 Å². The molecule has 3 aliphatic heterocycles. The van der Waals surface area contributed by atoms with Gasteiger partial charge in [0.1, 0.15) is 11.7 Å². The Kier molecular flexibility index (Phi) is 3.44. The van der Waals surface area contributed by atoms with E-state index in [1.54, 1.807) is 4.90 Å². The number of alkyl halides is 2. The molecule has 2 fully saturated rings. The van der Waals surface area contributed by atoms with Crippen LogP contribution in [0.5, 0.6) is 0 Å². The topological polar surface area (TPSA) is 71.8 Å². The molecule has 4 heterocycles. The lowest BCUT2D eigenvalue weighted by atomic mass is 9.89. The largest absolute Gasteiger partial charge is 0.477 e. The van der Waals surface area contributed by atoms with Crippen LogP contribution in [0, 0.1) is 0 Å². The molecular weight excluding hydrogens is 394 g/mol. The second kappa shape index (κ2) is 5.78. The summed E-state index contributed by atoms with van der Waals surface area (Å²) in [6.07, 6.45) is 2.40. The van der Waals surface area contributed by atoms with Crippen LogP contribution in [0.25, 0.3) is 11.1 Å². The van der Waals surface area contributed by atoms with Crippen molar-refractivity contribution in [2.24, 2.45) is 0 Å². The number of hydrogen-bond donors (Lipinski definition) is 1. The second-order valence-corrected chi connectivity index (χ2v) is 8.38. The van der Waals surface area contributed by atoms with Gasteiger partial charge in [-0.1, -0.05) is 12.1 Å². The lowest BCUT2D eigenvalue weighted by molar-refractivity contribution is -0.0263. The van der Waals surface area contributed by atoms with Crippen molar-refractivity contribution < 1.29 is 23.4 Å². The first-order valence-corrected chi connectivity index (χ1v) is 9.93. The average molecular weight is 412 g/mol. The summed E-state index contributed by atoms with van der Waals surface area (Å²) in [7, 11) is 0. The Balaban J connectivity index is 1.51. The Morgan fingerprint density at radius 2 is 2.07 bits per heavy atom. The van der Waals surface area contributed by atoms with E-state index in [0.717, 1.165) is 28.0 Å². The number of rotatable bonds is 2. The molecule has 4 aliphatic rings. The minimum atomic E-state index is -2.67. The van der Waals surface area contributed by atoms with Crippen molar-refractivity contribution in [2.75, 3.05) is 24.6 Å². The van der Waals surface area contributed by atoms with Crippen LogP contribution in [0.3, 0.4) is 0 Å². The molecule has 2 atom stereocenters. The third-order valence-electron chi connectivity index (χ3n) is 6.63. The minimum absolute atomic E-state index is 0.0969. The minimum Gasteiger partial charge on any atom is -0.477 e. The summed E-state index contributed by atoms with van der Waals surface area (Å²) >= 11 is 0. The highest BCUT2D eigenvalue weighted by Crippen LogP contribution is 2.52. The van der Waals surface area contributed by atoms with E-state index in [1.165, 1.54) is 12.3 Å². The number of carbonyl (C=O) groups is 1. The standard InChI is InChI=1S/C22H18F2N2O4/c23-22(24)9-25(10-22)15-3-1-2-11-12(15)6-13-17-7-18(27)14(21(28)29)8-26(17)16-4-5-30-20(16)19(11)13/h1-3,7-8,16,20H,4-6,9-10H2,(H,28,29)/t16-,20+/m1/s1. The van der Waals surface area contributed by atoms with Crippen molar-refractivity contribution in [3.8, 4) is 0 Å². The van der Waals surface area contributed by atoms with Crippen LogP contribution in [0.4, 0.5) is 14.5 Å². The lowest BCUT2D eigenvalue weighted by Gasteiger charge is -2.41. The highest BCUT2D eigenvalue weighted by atomic mass is 19.3. The summed E-state index contributed by atoms with van der Waals surface area (Å²) in [6, 6.07) is 7.02. The number of aromatic carboxylic acids is 1. The fourth-order valence-electron chi connectivity index (χ4n) is 5.35. The molecule has 2 aromatic rings. The second-order valence-electron chi connectivity index (χ2n) is 8.38. The molecule has 0 spiro atoms. The Morgan fingerprint density at radius 3 is 2.80 bits per heavy atom. The van der Waals surface area contributed by atoms with Gasteiger partial charge >= 0.3 is 5.97 Å². The summed E-state index contributed by atoms with van der Waals surface area (Å²) in [6.45, 7) is -0.0587. The summed E-state index contributed by atoms with van der Waals surface area (Å²) < 4.78 is 34.9. The molecule has 1 aromatic carbocycles. The quantitative estimate of drug-likeness (QED) is 0.822. The molecule has 6 rings (SSSR count). The predicted octanol–water partition coefficient (Wildman–Crippen LogP) is 2.81. The van der Waals surface area contributed by atoms with E-state index in [1.807, 2.05) is 22.8 Å². The molecule has 6 nitrogen and oxygen atoms in total. The smallest absolute Gasteiger partial charge is 0.341 e. The van der Waals surface area contributed by atoms with Crippen molar-refractivity contribution >= 4 is 22.8 Å². The number of carboxylic acids is 1. The third kappa shape index (κ3) is 2.31. The Labute approximate surface area is 170 Å². The zero-order chi connectivity index (χ0) is 20.8. The summed E-state index contributed by atoms with van der Waals surface area (Å²) in [5.74, 6) is -3.91. The van der Waals surface area contributed by atoms with Crippen LogP contribution in [0.2, 0.25) is 0 Å². The molecule has 154 valence electrons. The number of ether oxygens (including phenoxy) is 1. The van der Waals surface area contributed by atoms with Crippen LogP contribution in [0.1, 0.15) is 39.6 Å². The number of carboxylic acid groups (broad SMARTS) is 1. The SMILES string of the molecule is O=C(O)c1cn2c(cc1=O)C1=C(c3cccc(N4CC(F)(F)C4)c3C1)[C@H]1OCC[C@H]12. The molecule has 0 radical (unpaired) electrons. The molecule has 8 heteroatoms. The monoisotopic (exact) mass is 412 g/mol. The number of allylic oxidation sites excluding steroid dienone is 1. The Hall–Kier alpha value is -3.00. The molecule has 1 N–H and O–H groups in total. The van der Waals surface area contributed by atoms with Gasteiger partial charge < -0.3 is 19.3 Å². The van der Waals surface area contributed by atoms with Gasteiger partial charge in [-0.2, -0.15) is 0 Å². The van der Waals surface area contributed by atoms with Gasteiger partial charge in [0.05, 0.1) is 19.1 Å². The van der Waals surface area contributed by atoms with Gasteiger partial charge in [-0.3, -0.25) is 4.79 Å². The fourth-order valence-corrected chi connectivity index (χ4v) is 5.35. The summed E-state index contributed by atoms with van der Waals surface area (Å²) in [5.41, 5.74) is 4.57. The highest BCUT2D eigenvalue weighted by Gasteiger charge is 2.47. The van der Waals surface area contributed by atoms with E-state index in [0.29, 0.717) is 25.1 Å². The van der Waals surface area contributed by atoms with Crippen LogP contribution >= 0.6 is 0 Å². The van der Waals surface area contributed by atoms with Crippen molar-refractivity contribution in [1.29, 1.82) is 0 Å². The van der Waals surface area contributed by atoms with E-state index in [4.69, 9.17) is 4.74 Å². The van der Waals surface area contributed by atoms with Gasteiger partial charge in [0.2, 0.25) is 0 Å². The van der Waals surface area contributed by atoms with Crippen LogP contribution in [0.15, 0.2) is 35.3 Å². The average Bonchev–Trinajstić information content (AvgIpc) is 3.29. The van der Waals surface area contributed by atoms with Crippen LogP contribution < -0.4 is 10.3 Å². The third-order valence-corrected chi connectivity index (χ3v) is 6.63. The maximum Gasteiger partial charge on any atom is 0.341 e. The van der Waals surface area contributed by atoms with Crippen molar-refractivity contribution in [3.05, 3.63) is 63.1 Å². The van der Waals surface area contributed by atoms with Gasteiger partial charge in [-0.15, -0.1) is 0 Å². The highest BCUT2D eigenvalue weighted by molar-refractivity contribution is 6.01. The van der Waals surface area contributed by atoms with Crippen molar-refractivity contribution in [2.45, 2.75) is 30.9 Å². The summed E-state index contributed by atoms with van der Waals surface area (Å²) in [5, 5.41) is 9.39. The first-order valence-electron chi connectivity index (χ1n) is 9.93. The first kappa shape index (κ1) is 17.8. The molecule has 0 saturated carbocycles. The van der Waals surface area contributed by atoms with E-state index in [-0.39, 0.29) is 30.8 Å². The van der Waals surface area contributed by atoms with Crippen molar-refractivity contribution in [3.63, 3.8) is 0 Å². The molecule has 0 bridgehead atoms. The van der Waals surface area contributed by atoms with Gasteiger partial charge in [-0.05, 0) is 34.8 Å². The number of fused-ring (bicyclic) bond motifs is 7. The molecule has 1 aromatic heterocycles. The maximum absolute atomic E-state index is 13.5. The van der Waals surface area contributed by atoms with Crippen molar-refractivity contribution in [1.82, 2.24) is 4.57 Å². The van der Waals surface area contributed by atoms with E-state index >= 15 is 0 Å². The normalized spacial score (nSPS) is 25.3. The number of anilines is 1. The molecule has 0 amide bonds. The molecule has 0 unspecified atom stereocenters. The molecule has 1 aliphatic carbocycles. The maximum atomic E-state index is 13.5. The zero-order valence-electron chi connectivity index (χ0n) is 15.9. The molecular formula is C22H18F2N2O4. The number of pyridine rings is 1. The zero-order valence-corrected chi connectivity index (χ0v) is 15.9. The van der Waals surface area contributed by atoms with E-state index < -0.39 is 17.3 Å². The fraction of sp³-hybridized carbons (Fsp3) is 0.364.